The monoisotopic (exact) mass is 216 g/mol. The zero-order valence-electron chi connectivity index (χ0n) is 7.69. The van der Waals surface area contributed by atoms with Crippen LogP contribution in [0.15, 0.2) is 5.38 Å². The molecular weight excluding hydrogens is 204 g/mol. The number of anilines is 1. The van der Waals surface area contributed by atoms with Gasteiger partial charge in [-0.1, -0.05) is 0 Å². The van der Waals surface area contributed by atoms with Crippen LogP contribution in [0.4, 0.5) is 5.13 Å². The van der Waals surface area contributed by atoms with Crippen molar-refractivity contribution in [2.45, 2.75) is 0 Å². The van der Waals surface area contributed by atoms with E-state index in [2.05, 4.69) is 16.1 Å². The van der Waals surface area contributed by atoms with Gasteiger partial charge in [0.15, 0.2) is 11.4 Å². The Hall–Kier alpha value is -0.550. The molecule has 0 radical (unpaired) electrons. The molecule has 0 aromatic carbocycles. The molecule has 0 aliphatic rings. The first-order valence-electron chi connectivity index (χ1n) is 3.88. The van der Waals surface area contributed by atoms with Gasteiger partial charge in [-0.15, -0.1) is 11.3 Å². The number of rotatable bonds is 5. The van der Waals surface area contributed by atoms with Crippen LogP contribution in [0.2, 0.25) is 0 Å². The number of carbonyl (C=O) groups is 1. The van der Waals surface area contributed by atoms with Gasteiger partial charge in [0.1, 0.15) is 5.69 Å². The molecule has 0 spiro atoms. The number of thioether (sulfide) groups is 1. The second-order valence-electron chi connectivity index (χ2n) is 2.59. The van der Waals surface area contributed by atoms with Gasteiger partial charge in [0, 0.05) is 24.7 Å². The highest BCUT2D eigenvalue weighted by Gasteiger charge is 2.05. The number of nitrogens with zero attached hydrogens (tertiary/aromatic N) is 2. The average molecular weight is 216 g/mol. The van der Waals surface area contributed by atoms with E-state index in [9.17, 15) is 4.79 Å². The molecule has 5 heteroatoms. The van der Waals surface area contributed by atoms with Gasteiger partial charge >= 0.3 is 0 Å². The second kappa shape index (κ2) is 5.24. The summed E-state index contributed by atoms with van der Waals surface area (Å²) in [5, 5.41) is 2.69. The summed E-state index contributed by atoms with van der Waals surface area (Å²) in [6.07, 6.45) is 2.86. The number of thiazole rings is 1. The van der Waals surface area contributed by atoms with Gasteiger partial charge in [0.25, 0.3) is 0 Å². The quantitative estimate of drug-likeness (QED) is 0.702. The third-order valence-electron chi connectivity index (χ3n) is 1.59. The molecule has 0 atom stereocenters. The van der Waals surface area contributed by atoms with Crippen LogP contribution in [0.3, 0.4) is 0 Å². The zero-order valence-corrected chi connectivity index (χ0v) is 9.32. The van der Waals surface area contributed by atoms with E-state index in [0.29, 0.717) is 5.69 Å². The largest absolute Gasteiger partial charge is 0.350 e. The Morgan fingerprint density at radius 3 is 3.08 bits per heavy atom. The van der Waals surface area contributed by atoms with Gasteiger partial charge in [0.05, 0.1) is 0 Å². The topological polar surface area (TPSA) is 33.2 Å². The summed E-state index contributed by atoms with van der Waals surface area (Å²) in [5.41, 5.74) is 0.524. The Balaban J connectivity index is 2.54. The lowest BCUT2D eigenvalue weighted by atomic mass is 10.6. The minimum atomic E-state index is 0.524. The van der Waals surface area contributed by atoms with Crippen LogP contribution >= 0.6 is 23.1 Å². The van der Waals surface area contributed by atoms with Crippen molar-refractivity contribution in [1.82, 2.24) is 4.98 Å². The van der Waals surface area contributed by atoms with E-state index in [1.165, 1.54) is 11.3 Å². The van der Waals surface area contributed by atoms with Crippen LogP contribution in [0, 0.1) is 0 Å². The van der Waals surface area contributed by atoms with E-state index < -0.39 is 0 Å². The summed E-state index contributed by atoms with van der Waals surface area (Å²) in [4.78, 5) is 16.6. The molecule has 0 saturated carbocycles. The maximum atomic E-state index is 10.4. The molecule has 13 heavy (non-hydrogen) atoms. The van der Waals surface area contributed by atoms with E-state index in [1.54, 1.807) is 17.1 Å². The highest BCUT2D eigenvalue weighted by molar-refractivity contribution is 7.98. The minimum Gasteiger partial charge on any atom is -0.350 e. The molecule has 0 fully saturated rings. The Morgan fingerprint density at radius 2 is 2.54 bits per heavy atom. The fourth-order valence-electron chi connectivity index (χ4n) is 0.830. The van der Waals surface area contributed by atoms with Crippen LogP contribution in [0.5, 0.6) is 0 Å². The molecule has 3 nitrogen and oxygen atoms in total. The highest BCUT2D eigenvalue weighted by Crippen LogP contribution is 2.18. The van der Waals surface area contributed by atoms with E-state index in [-0.39, 0.29) is 0 Å². The number of aromatic nitrogens is 1. The van der Waals surface area contributed by atoms with E-state index in [4.69, 9.17) is 0 Å². The fraction of sp³-hybridized carbons (Fsp3) is 0.500. The van der Waals surface area contributed by atoms with Crippen LogP contribution in [-0.2, 0) is 0 Å². The molecule has 0 aliphatic heterocycles. The smallest absolute Gasteiger partial charge is 0.185 e. The van der Waals surface area contributed by atoms with Crippen molar-refractivity contribution in [1.29, 1.82) is 0 Å². The van der Waals surface area contributed by atoms with E-state index in [0.717, 1.165) is 23.7 Å². The van der Waals surface area contributed by atoms with Gasteiger partial charge in [-0.3, -0.25) is 4.79 Å². The van der Waals surface area contributed by atoms with Crippen molar-refractivity contribution in [2.24, 2.45) is 0 Å². The number of aldehydes is 1. The third kappa shape index (κ3) is 3.00. The first-order valence-corrected chi connectivity index (χ1v) is 6.16. The van der Waals surface area contributed by atoms with Crippen molar-refractivity contribution in [3.05, 3.63) is 11.1 Å². The molecule has 1 aromatic rings. The molecule has 0 amide bonds. The summed E-state index contributed by atoms with van der Waals surface area (Å²) in [7, 11) is 1.99. The minimum absolute atomic E-state index is 0.524. The SMILES string of the molecule is CSCCN(C)c1nc(C=O)cs1. The molecule has 0 saturated heterocycles. The summed E-state index contributed by atoms with van der Waals surface area (Å²) in [5.74, 6) is 1.08. The zero-order chi connectivity index (χ0) is 9.68. The van der Waals surface area contributed by atoms with Crippen LogP contribution in [0.1, 0.15) is 10.5 Å². The summed E-state index contributed by atoms with van der Waals surface area (Å²) >= 11 is 3.31. The van der Waals surface area contributed by atoms with Crippen molar-refractivity contribution in [2.75, 3.05) is 30.5 Å². The average Bonchev–Trinajstić information content (AvgIpc) is 2.62. The number of hydrogen-bond donors (Lipinski definition) is 0. The lowest BCUT2D eigenvalue weighted by molar-refractivity contribution is 0.111. The Labute approximate surface area is 86.2 Å². The third-order valence-corrected chi connectivity index (χ3v) is 3.15. The van der Waals surface area contributed by atoms with Gasteiger partial charge < -0.3 is 4.90 Å². The summed E-state index contributed by atoms with van der Waals surface area (Å²) < 4.78 is 0. The molecule has 1 heterocycles. The summed E-state index contributed by atoms with van der Waals surface area (Å²) in [6.45, 7) is 0.965. The Kier molecular flexibility index (Phi) is 4.24. The maximum absolute atomic E-state index is 10.4. The molecule has 1 aromatic heterocycles. The predicted octanol–water partition coefficient (Wildman–Crippen LogP) is 1.75. The van der Waals surface area contributed by atoms with Crippen molar-refractivity contribution in [3.63, 3.8) is 0 Å². The van der Waals surface area contributed by atoms with Crippen LogP contribution in [-0.4, -0.2) is 36.9 Å². The van der Waals surface area contributed by atoms with E-state index >= 15 is 0 Å². The van der Waals surface area contributed by atoms with Gasteiger partial charge in [-0.2, -0.15) is 11.8 Å². The van der Waals surface area contributed by atoms with E-state index in [1.807, 2.05) is 7.05 Å². The molecule has 0 N–H and O–H groups in total. The Morgan fingerprint density at radius 1 is 1.77 bits per heavy atom. The van der Waals surface area contributed by atoms with Gasteiger partial charge in [-0.25, -0.2) is 4.98 Å². The molecule has 0 bridgehead atoms. The summed E-state index contributed by atoms with van der Waals surface area (Å²) in [6, 6.07) is 0. The van der Waals surface area contributed by atoms with Crippen molar-refractivity contribution >= 4 is 34.5 Å². The van der Waals surface area contributed by atoms with Gasteiger partial charge in [-0.05, 0) is 6.26 Å². The molecule has 72 valence electrons. The van der Waals surface area contributed by atoms with Crippen LogP contribution < -0.4 is 4.90 Å². The van der Waals surface area contributed by atoms with Crippen molar-refractivity contribution < 1.29 is 4.79 Å². The lowest BCUT2D eigenvalue weighted by Crippen LogP contribution is -2.19. The first-order chi connectivity index (χ1) is 6.27. The Bertz CT molecular complexity index is 275. The normalized spacial score (nSPS) is 10.0. The maximum Gasteiger partial charge on any atom is 0.185 e. The highest BCUT2D eigenvalue weighted by atomic mass is 32.2. The molecular formula is C8H12N2OS2. The first kappa shape index (κ1) is 10.5. The standard InChI is InChI=1S/C8H12N2OS2/c1-10(3-4-12-2)8-9-7(5-11)6-13-8/h5-6H,3-4H2,1-2H3. The van der Waals surface area contributed by atoms with Crippen LogP contribution in [0.25, 0.3) is 0 Å². The fourth-order valence-corrected chi connectivity index (χ4v) is 2.05. The predicted molar refractivity (Wildman–Crippen MR) is 59.2 cm³/mol. The second-order valence-corrected chi connectivity index (χ2v) is 4.41. The van der Waals surface area contributed by atoms with Gasteiger partial charge in [0.2, 0.25) is 0 Å². The molecule has 1 rings (SSSR count). The molecule has 0 unspecified atom stereocenters. The number of carbonyl (C=O) groups excluding carboxylic acids is 1. The van der Waals surface area contributed by atoms with Crippen molar-refractivity contribution in [3.8, 4) is 0 Å². The molecule has 0 aliphatic carbocycles. The number of hydrogen-bond acceptors (Lipinski definition) is 5. The lowest BCUT2D eigenvalue weighted by Gasteiger charge is -2.13.